The minimum Gasteiger partial charge on any atom is -0.339 e. The van der Waals surface area contributed by atoms with Crippen LogP contribution in [0.2, 0.25) is 0 Å². The highest BCUT2D eigenvalue weighted by Gasteiger charge is 2.28. The van der Waals surface area contributed by atoms with Gasteiger partial charge in [-0.1, -0.05) is 0 Å². The summed E-state index contributed by atoms with van der Waals surface area (Å²) in [6.07, 6.45) is 7.62. The van der Waals surface area contributed by atoms with E-state index in [1.807, 2.05) is 4.90 Å². The molecule has 0 atom stereocenters. The quantitative estimate of drug-likeness (QED) is 0.813. The summed E-state index contributed by atoms with van der Waals surface area (Å²) >= 11 is 0. The van der Waals surface area contributed by atoms with E-state index in [9.17, 15) is 13.2 Å². The fourth-order valence-electron chi connectivity index (χ4n) is 4.13. The number of amides is 1. The number of piperidine rings is 1. The molecule has 8 heteroatoms. The smallest absolute Gasteiger partial charge is 0.261 e. The van der Waals surface area contributed by atoms with E-state index in [0.29, 0.717) is 17.3 Å². The van der Waals surface area contributed by atoms with Crippen molar-refractivity contribution in [1.82, 2.24) is 14.8 Å². The maximum Gasteiger partial charge on any atom is 0.261 e. The monoisotopic (exact) mass is 414 g/mol. The number of nitrogens with one attached hydrogen (secondary N) is 1. The van der Waals surface area contributed by atoms with Gasteiger partial charge in [0.05, 0.1) is 10.6 Å². The highest BCUT2D eigenvalue weighted by atomic mass is 32.2. The van der Waals surface area contributed by atoms with Gasteiger partial charge in [0.2, 0.25) is 0 Å². The lowest BCUT2D eigenvalue weighted by Gasteiger charge is -2.36. The minimum absolute atomic E-state index is 0.0316. The summed E-state index contributed by atoms with van der Waals surface area (Å²) < 4.78 is 27.5. The molecule has 1 N–H and O–H groups in total. The number of likely N-dealkylation sites (tertiary alicyclic amines) is 2. The number of hydrogen-bond donors (Lipinski definition) is 1. The van der Waals surface area contributed by atoms with Gasteiger partial charge in [0.1, 0.15) is 0 Å². The molecule has 2 aliphatic heterocycles. The third-order valence-electron chi connectivity index (χ3n) is 5.75. The number of benzene rings is 1. The summed E-state index contributed by atoms with van der Waals surface area (Å²) in [4.78, 5) is 21.2. The van der Waals surface area contributed by atoms with E-state index < -0.39 is 10.0 Å². The SMILES string of the molecule is O=C(c1ccc(S(=O)(=O)Nc2ccncc2)cc1)N1CCC(N2CCCC2)CC1. The van der Waals surface area contributed by atoms with Crippen LogP contribution in [0.5, 0.6) is 0 Å². The highest BCUT2D eigenvalue weighted by Crippen LogP contribution is 2.23. The normalized spacial score (nSPS) is 18.7. The Labute approximate surface area is 171 Å². The van der Waals surface area contributed by atoms with Crippen LogP contribution >= 0.6 is 0 Å². The van der Waals surface area contributed by atoms with Gasteiger partial charge in [0, 0.05) is 37.1 Å². The fraction of sp³-hybridized carbons (Fsp3) is 0.429. The van der Waals surface area contributed by atoms with Crippen molar-refractivity contribution >= 4 is 21.6 Å². The second-order valence-electron chi connectivity index (χ2n) is 7.63. The number of nitrogens with zero attached hydrogens (tertiary/aromatic N) is 3. The standard InChI is InChI=1S/C21H26N4O3S/c26-21(25-15-9-19(10-16-25)24-13-1-2-14-24)17-3-5-20(6-4-17)29(27,28)23-18-7-11-22-12-8-18/h3-8,11-12,19H,1-2,9-10,13-16H2,(H,22,23). The van der Waals surface area contributed by atoms with Crippen molar-refractivity contribution in [3.63, 3.8) is 0 Å². The molecule has 0 spiro atoms. The van der Waals surface area contributed by atoms with Crippen LogP contribution in [0.3, 0.4) is 0 Å². The predicted octanol–water partition coefficient (Wildman–Crippen LogP) is 2.58. The van der Waals surface area contributed by atoms with Gasteiger partial charge in [0.25, 0.3) is 15.9 Å². The number of pyridine rings is 1. The summed E-state index contributed by atoms with van der Waals surface area (Å²) in [5.74, 6) is -0.0316. The number of hydrogen-bond acceptors (Lipinski definition) is 5. The lowest BCUT2D eigenvalue weighted by molar-refractivity contribution is 0.0644. The van der Waals surface area contributed by atoms with Crippen molar-refractivity contribution in [2.45, 2.75) is 36.6 Å². The van der Waals surface area contributed by atoms with Crippen LogP contribution in [0.4, 0.5) is 5.69 Å². The van der Waals surface area contributed by atoms with Gasteiger partial charge in [-0.2, -0.15) is 0 Å². The first-order valence-corrected chi connectivity index (χ1v) is 11.6. The Morgan fingerprint density at radius 1 is 0.931 bits per heavy atom. The minimum atomic E-state index is -3.71. The molecule has 2 aliphatic rings. The summed E-state index contributed by atoms with van der Waals surface area (Å²) in [7, 11) is -3.71. The third-order valence-corrected chi connectivity index (χ3v) is 7.15. The van der Waals surface area contributed by atoms with Crippen molar-refractivity contribution in [3.05, 3.63) is 54.4 Å². The number of carbonyl (C=O) groups is 1. The first-order chi connectivity index (χ1) is 14.0. The Hall–Kier alpha value is -2.45. The molecule has 2 fully saturated rings. The Balaban J connectivity index is 1.38. The van der Waals surface area contributed by atoms with Gasteiger partial charge in [-0.3, -0.25) is 14.5 Å². The average molecular weight is 415 g/mol. The molecule has 0 saturated carbocycles. The lowest BCUT2D eigenvalue weighted by atomic mass is 10.0. The average Bonchev–Trinajstić information content (AvgIpc) is 3.29. The lowest BCUT2D eigenvalue weighted by Crippen LogP contribution is -2.45. The summed E-state index contributed by atoms with van der Waals surface area (Å²) in [6.45, 7) is 3.87. The molecule has 29 heavy (non-hydrogen) atoms. The van der Waals surface area contributed by atoms with Crippen molar-refractivity contribution in [1.29, 1.82) is 0 Å². The molecule has 1 aromatic carbocycles. The van der Waals surface area contributed by atoms with E-state index in [-0.39, 0.29) is 10.8 Å². The van der Waals surface area contributed by atoms with Crippen molar-refractivity contribution in [3.8, 4) is 0 Å². The first kappa shape index (κ1) is 19.8. The van der Waals surface area contributed by atoms with Gasteiger partial charge in [0.15, 0.2) is 0 Å². The molecule has 1 amide bonds. The molecule has 0 unspecified atom stereocenters. The number of aromatic nitrogens is 1. The summed E-state index contributed by atoms with van der Waals surface area (Å²) in [5, 5.41) is 0. The zero-order valence-corrected chi connectivity index (χ0v) is 17.1. The van der Waals surface area contributed by atoms with Gasteiger partial charge >= 0.3 is 0 Å². The third kappa shape index (κ3) is 4.59. The van der Waals surface area contributed by atoms with Crippen molar-refractivity contribution in [2.75, 3.05) is 30.9 Å². The number of anilines is 1. The van der Waals surface area contributed by atoms with Crippen molar-refractivity contribution in [2.24, 2.45) is 0 Å². The molecule has 2 aromatic rings. The van der Waals surface area contributed by atoms with Gasteiger partial charge in [-0.15, -0.1) is 0 Å². The van der Waals surface area contributed by atoms with Crippen LogP contribution in [0.25, 0.3) is 0 Å². The Morgan fingerprint density at radius 3 is 2.17 bits per heavy atom. The molecule has 3 heterocycles. The number of rotatable bonds is 5. The van der Waals surface area contributed by atoms with Crippen LogP contribution in [0.1, 0.15) is 36.0 Å². The Morgan fingerprint density at radius 2 is 1.55 bits per heavy atom. The molecule has 0 radical (unpaired) electrons. The highest BCUT2D eigenvalue weighted by molar-refractivity contribution is 7.92. The zero-order chi connectivity index (χ0) is 20.3. The zero-order valence-electron chi connectivity index (χ0n) is 16.3. The van der Waals surface area contributed by atoms with Gasteiger partial charge < -0.3 is 9.80 Å². The van der Waals surface area contributed by atoms with Gasteiger partial charge in [-0.05, 0) is 75.2 Å². The summed E-state index contributed by atoms with van der Waals surface area (Å²) in [6, 6.07) is 9.91. The van der Waals surface area contributed by atoms with Crippen LogP contribution in [-0.4, -0.2) is 61.3 Å². The number of sulfonamides is 1. The van der Waals surface area contributed by atoms with Crippen LogP contribution in [0.15, 0.2) is 53.7 Å². The molecule has 0 aliphatic carbocycles. The van der Waals surface area contributed by atoms with Gasteiger partial charge in [-0.25, -0.2) is 8.42 Å². The van der Waals surface area contributed by atoms with E-state index in [0.717, 1.165) is 25.9 Å². The van der Waals surface area contributed by atoms with Crippen LogP contribution < -0.4 is 4.72 Å². The Kier molecular flexibility index (Phi) is 5.82. The fourth-order valence-corrected chi connectivity index (χ4v) is 5.19. The maximum atomic E-state index is 12.8. The molecular weight excluding hydrogens is 388 g/mol. The van der Waals surface area contributed by atoms with E-state index in [1.165, 1.54) is 50.5 Å². The van der Waals surface area contributed by atoms with Crippen molar-refractivity contribution < 1.29 is 13.2 Å². The molecule has 1 aromatic heterocycles. The van der Waals surface area contributed by atoms with Crippen LogP contribution in [0, 0.1) is 0 Å². The molecular formula is C21H26N4O3S. The largest absolute Gasteiger partial charge is 0.339 e. The Bertz CT molecular complexity index is 934. The number of carbonyl (C=O) groups excluding carboxylic acids is 1. The summed E-state index contributed by atoms with van der Waals surface area (Å²) in [5.41, 5.74) is 0.966. The van der Waals surface area contributed by atoms with E-state index in [2.05, 4.69) is 14.6 Å². The second kappa shape index (κ2) is 8.51. The second-order valence-corrected chi connectivity index (χ2v) is 9.31. The van der Waals surface area contributed by atoms with Crippen LogP contribution in [-0.2, 0) is 10.0 Å². The molecule has 4 rings (SSSR count). The molecule has 154 valence electrons. The van der Waals surface area contributed by atoms with E-state index in [4.69, 9.17) is 0 Å². The molecule has 2 saturated heterocycles. The topological polar surface area (TPSA) is 82.6 Å². The predicted molar refractivity (Wildman–Crippen MR) is 111 cm³/mol. The van der Waals surface area contributed by atoms with E-state index in [1.54, 1.807) is 24.3 Å². The maximum absolute atomic E-state index is 12.8. The molecule has 7 nitrogen and oxygen atoms in total. The molecule has 0 bridgehead atoms. The van der Waals surface area contributed by atoms with E-state index >= 15 is 0 Å². The first-order valence-electron chi connectivity index (χ1n) is 10.1.